The van der Waals surface area contributed by atoms with Crippen molar-refractivity contribution in [2.45, 2.75) is 32.7 Å². The Kier molecular flexibility index (Phi) is 7.67. The zero-order chi connectivity index (χ0) is 10.8. The van der Waals surface area contributed by atoms with Crippen molar-refractivity contribution in [2.24, 2.45) is 0 Å². The molecule has 3 N–H and O–H groups in total. The molecule has 0 saturated heterocycles. The van der Waals surface area contributed by atoms with Crippen molar-refractivity contribution in [3.8, 4) is 11.8 Å². The lowest BCUT2D eigenvalue weighted by Crippen LogP contribution is -2.30. The number of rotatable bonds is 5. The second kappa shape index (κ2) is 8.39. The average molecular weight is 198 g/mol. The highest BCUT2D eigenvalue weighted by atomic mass is 16.4. The van der Waals surface area contributed by atoms with Crippen molar-refractivity contribution in [3.63, 3.8) is 0 Å². The van der Waals surface area contributed by atoms with E-state index in [1.807, 2.05) is 0 Å². The predicted molar refractivity (Wildman–Crippen MR) is 56.2 cm³/mol. The summed E-state index contributed by atoms with van der Waals surface area (Å²) in [7, 11) is 0. The molecule has 4 nitrogen and oxygen atoms in total. The van der Waals surface area contributed by atoms with Gasteiger partial charge in [-0.25, -0.2) is 4.79 Å². The van der Waals surface area contributed by atoms with Gasteiger partial charge in [0, 0.05) is 12.5 Å². The summed E-state index contributed by atoms with van der Waals surface area (Å²) in [5.74, 6) is 5.84. The molecule has 0 radical (unpaired) electrons. The molecule has 0 saturated carbocycles. The van der Waals surface area contributed by atoms with Crippen LogP contribution in [0.5, 0.6) is 0 Å². The van der Waals surface area contributed by atoms with Gasteiger partial charge in [0.05, 0.1) is 6.54 Å². The third kappa shape index (κ3) is 8.88. The molecule has 0 aliphatic heterocycles. The molecule has 0 aliphatic rings. The summed E-state index contributed by atoms with van der Waals surface area (Å²) in [4.78, 5) is 10.2. The van der Waals surface area contributed by atoms with Crippen LogP contribution in [0.2, 0.25) is 0 Å². The molecule has 0 aromatic heterocycles. The van der Waals surface area contributed by atoms with E-state index >= 15 is 0 Å². The molecule has 0 heterocycles. The Morgan fingerprint density at radius 3 is 2.79 bits per heavy atom. The van der Waals surface area contributed by atoms with Gasteiger partial charge in [-0.1, -0.05) is 18.8 Å². The van der Waals surface area contributed by atoms with Crippen LogP contribution in [0.1, 0.15) is 26.7 Å². The molecular weight excluding hydrogens is 180 g/mol. The fourth-order valence-electron chi connectivity index (χ4n) is 0.877. The van der Waals surface area contributed by atoms with Gasteiger partial charge in [-0.2, -0.15) is 0 Å². The standard InChI is InChI=1S/C10H18N2O2/c1-3-7-11-8-5-4-6-9(2)12-10(13)14/h9,11-12H,3,6-8H2,1-2H3,(H,13,14). The smallest absolute Gasteiger partial charge is 0.404 e. The summed E-state index contributed by atoms with van der Waals surface area (Å²) in [6.45, 7) is 5.53. The molecule has 0 aliphatic carbocycles. The Balaban J connectivity index is 3.44. The molecule has 4 heteroatoms. The van der Waals surface area contributed by atoms with Crippen LogP contribution in [0.4, 0.5) is 4.79 Å². The van der Waals surface area contributed by atoms with Gasteiger partial charge < -0.3 is 15.7 Å². The van der Waals surface area contributed by atoms with Gasteiger partial charge >= 0.3 is 6.09 Å². The van der Waals surface area contributed by atoms with E-state index in [1.54, 1.807) is 6.92 Å². The molecule has 0 spiro atoms. The quantitative estimate of drug-likeness (QED) is 0.457. The maximum atomic E-state index is 10.2. The third-order valence-electron chi connectivity index (χ3n) is 1.54. The first-order valence-corrected chi connectivity index (χ1v) is 4.82. The van der Waals surface area contributed by atoms with Gasteiger partial charge in [-0.15, -0.1) is 0 Å². The molecule has 1 atom stereocenters. The minimum absolute atomic E-state index is 0.105. The highest BCUT2D eigenvalue weighted by Gasteiger charge is 2.01. The highest BCUT2D eigenvalue weighted by molar-refractivity contribution is 5.64. The fourth-order valence-corrected chi connectivity index (χ4v) is 0.877. The lowest BCUT2D eigenvalue weighted by molar-refractivity contribution is 0.191. The van der Waals surface area contributed by atoms with Crippen LogP contribution in [0.3, 0.4) is 0 Å². The van der Waals surface area contributed by atoms with Gasteiger partial charge in [0.25, 0.3) is 0 Å². The number of carboxylic acid groups (broad SMARTS) is 1. The first kappa shape index (κ1) is 12.8. The third-order valence-corrected chi connectivity index (χ3v) is 1.54. The molecule has 0 bridgehead atoms. The van der Waals surface area contributed by atoms with Gasteiger partial charge in [0.15, 0.2) is 0 Å². The Hall–Kier alpha value is -1.21. The van der Waals surface area contributed by atoms with Crippen molar-refractivity contribution >= 4 is 6.09 Å². The maximum Gasteiger partial charge on any atom is 0.404 e. The zero-order valence-electron chi connectivity index (χ0n) is 8.76. The second-order valence-corrected chi connectivity index (χ2v) is 3.08. The summed E-state index contributed by atoms with van der Waals surface area (Å²) < 4.78 is 0. The van der Waals surface area contributed by atoms with Gasteiger partial charge in [-0.05, 0) is 19.9 Å². The van der Waals surface area contributed by atoms with Crippen LogP contribution in [0, 0.1) is 11.8 Å². The molecule has 0 aromatic carbocycles. The Bertz CT molecular complexity index is 218. The second-order valence-electron chi connectivity index (χ2n) is 3.08. The largest absolute Gasteiger partial charge is 0.465 e. The van der Waals surface area contributed by atoms with Crippen LogP contribution in [-0.4, -0.2) is 30.3 Å². The predicted octanol–water partition coefficient (Wildman–Crippen LogP) is 1.04. The maximum absolute atomic E-state index is 10.2. The van der Waals surface area contributed by atoms with Crippen LogP contribution in [0.15, 0.2) is 0 Å². The number of hydrogen-bond acceptors (Lipinski definition) is 2. The monoisotopic (exact) mass is 198 g/mol. The minimum atomic E-state index is -0.997. The molecule has 14 heavy (non-hydrogen) atoms. The number of carbonyl (C=O) groups is 1. The summed E-state index contributed by atoms with van der Waals surface area (Å²) in [5, 5.41) is 13.9. The average Bonchev–Trinajstić information content (AvgIpc) is 2.10. The summed E-state index contributed by atoms with van der Waals surface area (Å²) in [6.07, 6.45) is 0.655. The number of hydrogen-bond donors (Lipinski definition) is 3. The van der Waals surface area contributed by atoms with E-state index in [9.17, 15) is 4.79 Å². The lowest BCUT2D eigenvalue weighted by Gasteiger charge is -2.05. The van der Waals surface area contributed by atoms with Gasteiger partial charge in [0.2, 0.25) is 0 Å². The lowest BCUT2D eigenvalue weighted by atomic mass is 10.2. The van der Waals surface area contributed by atoms with Crippen molar-refractivity contribution in [1.82, 2.24) is 10.6 Å². The molecule has 80 valence electrons. The Morgan fingerprint density at radius 2 is 2.21 bits per heavy atom. The van der Waals surface area contributed by atoms with Gasteiger partial charge in [-0.3, -0.25) is 0 Å². The molecule has 0 fully saturated rings. The van der Waals surface area contributed by atoms with Crippen molar-refractivity contribution < 1.29 is 9.90 Å². The van der Waals surface area contributed by atoms with Gasteiger partial charge in [0.1, 0.15) is 0 Å². The molecule has 0 aromatic rings. The van der Waals surface area contributed by atoms with E-state index < -0.39 is 6.09 Å². The molecule has 0 rings (SSSR count). The van der Waals surface area contributed by atoms with Crippen molar-refractivity contribution in [1.29, 1.82) is 0 Å². The fraction of sp³-hybridized carbons (Fsp3) is 0.700. The molecule has 1 amide bonds. The SMILES string of the molecule is CCCNCC#CCC(C)NC(=O)O. The van der Waals surface area contributed by atoms with Crippen LogP contribution >= 0.6 is 0 Å². The zero-order valence-corrected chi connectivity index (χ0v) is 8.76. The minimum Gasteiger partial charge on any atom is -0.465 e. The van der Waals surface area contributed by atoms with E-state index in [4.69, 9.17) is 5.11 Å². The van der Waals surface area contributed by atoms with Crippen molar-refractivity contribution in [3.05, 3.63) is 0 Å². The first-order valence-electron chi connectivity index (χ1n) is 4.82. The van der Waals surface area contributed by atoms with Crippen LogP contribution in [-0.2, 0) is 0 Å². The van der Waals surface area contributed by atoms with E-state index in [0.717, 1.165) is 13.0 Å². The molecule has 1 unspecified atom stereocenters. The van der Waals surface area contributed by atoms with Crippen molar-refractivity contribution in [2.75, 3.05) is 13.1 Å². The topological polar surface area (TPSA) is 61.4 Å². The van der Waals surface area contributed by atoms with Crippen LogP contribution in [0.25, 0.3) is 0 Å². The summed E-state index contributed by atoms with van der Waals surface area (Å²) in [6, 6.07) is -0.105. The summed E-state index contributed by atoms with van der Waals surface area (Å²) in [5.41, 5.74) is 0. The summed E-state index contributed by atoms with van der Waals surface area (Å²) >= 11 is 0. The highest BCUT2D eigenvalue weighted by Crippen LogP contribution is 1.86. The number of nitrogens with one attached hydrogen (secondary N) is 2. The van der Waals surface area contributed by atoms with E-state index in [1.165, 1.54) is 0 Å². The number of amides is 1. The van der Waals surface area contributed by atoms with E-state index in [-0.39, 0.29) is 6.04 Å². The Labute approximate surface area is 85.1 Å². The van der Waals surface area contributed by atoms with E-state index in [0.29, 0.717) is 13.0 Å². The first-order chi connectivity index (χ1) is 6.66. The van der Waals surface area contributed by atoms with Crippen LogP contribution < -0.4 is 10.6 Å². The Morgan fingerprint density at radius 1 is 1.50 bits per heavy atom. The normalized spacial score (nSPS) is 11.3. The van der Waals surface area contributed by atoms with E-state index in [2.05, 4.69) is 29.4 Å². The molecular formula is C10H18N2O2.